The number of aromatic nitrogens is 1. The summed E-state index contributed by atoms with van der Waals surface area (Å²) < 4.78 is 0. The summed E-state index contributed by atoms with van der Waals surface area (Å²) in [4.78, 5) is 6.89. The molecule has 0 bridgehead atoms. The zero-order chi connectivity index (χ0) is 12.9. The van der Waals surface area contributed by atoms with E-state index in [9.17, 15) is 0 Å². The molecule has 0 radical (unpaired) electrons. The predicted molar refractivity (Wildman–Crippen MR) is 79.2 cm³/mol. The van der Waals surface area contributed by atoms with E-state index in [0.29, 0.717) is 0 Å². The second-order valence-corrected chi connectivity index (χ2v) is 6.07. The van der Waals surface area contributed by atoms with Gasteiger partial charge in [0.15, 0.2) is 0 Å². The third-order valence-electron chi connectivity index (χ3n) is 2.88. The summed E-state index contributed by atoms with van der Waals surface area (Å²) in [7, 11) is 0. The van der Waals surface area contributed by atoms with Crippen LogP contribution < -0.4 is 4.90 Å². The van der Waals surface area contributed by atoms with Crippen molar-refractivity contribution < 1.29 is 0 Å². The first kappa shape index (κ1) is 14.5. The Balaban J connectivity index is 2.78. The molecule has 1 rings (SSSR count). The average molecular weight is 299 g/mol. The third-order valence-corrected chi connectivity index (χ3v) is 3.44. The van der Waals surface area contributed by atoms with Crippen LogP contribution in [0.4, 0.5) is 5.82 Å². The minimum absolute atomic E-state index is 0.179. The van der Waals surface area contributed by atoms with Gasteiger partial charge in [0.05, 0.1) is 0 Å². The largest absolute Gasteiger partial charge is 0.357 e. The van der Waals surface area contributed by atoms with Gasteiger partial charge in [-0.1, -0.05) is 42.8 Å². The monoisotopic (exact) mass is 298 g/mol. The number of anilines is 1. The van der Waals surface area contributed by atoms with E-state index in [0.717, 1.165) is 30.7 Å². The van der Waals surface area contributed by atoms with Crippen LogP contribution in [0.15, 0.2) is 18.3 Å². The highest BCUT2D eigenvalue weighted by atomic mass is 79.9. The van der Waals surface area contributed by atoms with E-state index in [2.05, 4.69) is 65.6 Å². The maximum Gasteiger partial charge on any atom is 0.128 e. The van der Waals surface area contributed by atoms with Crippen LogP contribution in [-0.4, -0.2) is 23.4 Å². The number of pyridine rings is 1. The zero-order valence-electron chi connectivity index (χ0n) is 11.3. The van der Waals surface area contributed by atoms with E-state index in [1.807, 2.05) is 6.20 Å². The van der Waals surface area contributed by atoms with Crippen LogP contribution in [0, 0.1) is 0 Å². The van der Waals surface area contributed by atoms with Crippen LogP contribution in [0.5, 0.6) is 0 Å². The van der Waals surface area contributed by atoms with Crippen molar-refractivity contribution in [3.63, 3.8) is 0 Å². The van der Waals surface area contributed by atoms with Gasteiger partial charge in [0.2, 0.25) is 0 Å². The van der Waals surface area contributed by atoms with E-state index in [4.69, 9.17) is 0 Å². The first-order valence-corrected chi connectivity index (χ1v) is 7.38. The predicted octanol–water partition coefficient (Wildman–Crippen LogP) is 3.99. The molecule has 0 fully saturated rings. The fraction of sp³-hybridized carbons (Fsp3) is 0.643. The molecule has 0 aromatic carbocycles. The molecule has 0 atom stereocenters. The molecule has 0 saturated carbocycles. The van der Waals surface area contributed by atoms with Crippen LogP contribution in [0.25, 0.3) is 0 Å². The fourth-order valence-corrected chi connectivity index (χ4v) is 1.95. The smallest absolute Gasteiger partial charge is 0.128 e. The quantitative estimate of drug-likeness (QED) is 0.764. The van der Waals surface area contributed by atoms with E-state index in [1.165, 1.54) is 5.56 Å². The first-order valence-electron chi connectivity index (χ1n) is 6.26. The Labute approximate surface area is 114 Å². The Morgan fingerprint density at radius 3 is 2.41 bits per heavy atom. The zero-order valence-corrected chi connectivity index (χ0v) is 12.9. The van der Waals surface area contributed by atoms with Gasteiger partial charge in [-0.25, -0.2) is 4.98 Å². The van der Waals surface area contributed by atoms with E-state index < -0.39 is 0 Å². The molecule has 1 heterocycles. The molecule has 0 aliphatic rings. The molecule has 1 aromatic rings. The van der Waals surface area contributed by atoms with Gasteiger partial charge in [-0.05, 0) is 30.4 Å². The summed E-state index contributed by atoms with van der Waals surface area (Å²) >= 11 is 3.47. The Bertz CT molecular complexity index is 327. The molecule has 1 aromatic heterocycles. The topological polar surface area (TPSA) is 16.1 Å². The maximum absolute atomic E-state index is 4.58. The summed E-state index contributed by atoms with van der Waals surface area (Å²) in [5, 5.41) is 1.05. The SMILES string of the molecule is CCN(CCCBr)c1ccc(C(C)(C)C)cn1. The highest BCUT2D eigenvalue weighted by molar-refractivity contribution is 9.09. The average Bonchev–Trinajstić information content (AvgIpc) is 2.29. The van der Waals surface area contributed by atoms with Crippen LogP contribution >= 0.6 is 15.9 Å². The Hall–Kier alpha value is -0.570. The molecule has 0 unspecified atom stereocenters. The van der Waals surface area contributed by atoms with Crippen molar-refractivity contribution >= 4 is 21.7 Å². The first-order chi connectivity index (χ1) is 7.99. The lowest BCUT2D eigenvalue weighted by atomic mass is 9.88. The molecule has 0 aliphatic heterocycles. The lowest BCUT2D eigenvalue weighted by molar-refractivity contribution is 0.587. The molecule has 0 N–H and O–H groups in total. The summed E-state index contributed by atoms with van der Waals surface area (Å²) in [6, 6.07) is 4.33. The second-order valence-electron chi connectivity index (χ2n) is 5.28. The van der Waals surface area contributed by atoms with Crippen molar-refractivity contribution in [1.82, 2.24) is 4.98 Å². The van der Waals surface area contributed by atoms with Crippen LogP contribution in [0.2, 0.25) is 0 Å². The van der Waals surface area contributed by atoms with Crippen LogP contribution in [0.3, 0.4) is 0 Å². The van der Waals surface area contributed by atoms with E-state index >= 15 is 0 Å². The number of hydrogen-bond acceptors (Lipinski definition) is 2. The summed E-state index contributed by atoms with van der Waals surface area (Å²) in [6.07, 6.45) is 3.16. The van der Waals surface area contributed by atoms with E-state index in [-0.39, 0.29) is 5.41 Å². The molecule has 96 valence electrons. The molecular weight excluding hydrogens is 276 g/mol. The molecule has 17 heavy (non-hydrogen) atoms. The van der Waals surface area contributed by atoms with Crippen molar-refractivity contribution in [2.45, 2.75) is 39.5 Å². The van der Waals surface area contributed by atoms with Crippen molar-refractivity contribution in [2.75, 3.05) is 23.3 Å². The minimum Gasteiger partial charge on any atom is -0.357 e. The van der Waals surface area contributed by atoms with Gasteiger partial charge >= 0.3 is 0 Å². The van der Waals surface area contributed by atoms with Gasteiger partial charge in [0.25, 0.3) is 0 Å². The van der Waals surface area contributed by atoms with Gasteiger partial charge in [-0.2, -0.15) is 0 Å². The number of hydrogen-bond donors (Lipinski definition) is 0. The number of alkyl halides is 1. The number of nitrogens with zero attached hydrogens (tertiary/aromatic N) is 2. The van der Waals surface area contributed by atoms with E-state index in [1.54, 1.807) is 0 Å². The number of halogens is 1. The van der Waals surface area contributed by atoms with Crippen molar-refractivity contribution in [2.24, 2.45) is 0 Å². The molecule has 3 heteroatoms. The van der Waals surface area contributed by atoms with Crippen molar-refractivity contribution in [3.8, 4) is 0 Å². The van der Waals surface area contributed by atoms with Gasteiger partial charge in [0, 0.05) is 24.6 Å². The summed E-state index contributed by atoms with van der Waals surface area (Å²) in [6.45, 7) is 10.9. The van der Waals surface area contributed by atoms with Crippen molar-refractivity contribution in [1.29, 1.82) is 0 Å². The van der Waals surface area contributed by atoms with Gasteiger partial charge in [-0.15, -0.1) is 0 Å². The molecule has 0 amide bonds. The molecule has 0 saturated heterocycles. The van der Waals surface area contributed by atoms with Crippen LogP contribution in [0.1, 0.15) is 39.7 Å². The fourth-order valence-electron chi connectivity index (χ4n) is 1.70. The maximum atomic E-state index is 4.58. The van der Waals surface area contributed by atoms with Gasteiger partial charge in [0.1, 0.15) is 5.82 Å². The summed E-state index contributed by atoms with van der Waals surface area (Å²) in [5.41, 5.74) is 1.47. The third kappa shape index (κ3) is 4.30. The van der Waals surface area contributed by atoms with Crippen LogP contribution in [-0.2, 0) is 5.41 Å². The lowest BCUT2D eigenvalue weighted by Gasteiger charge is -2.23. The van der Waals surface area contributed by atoms with Gasteiger partial charge < -0.3 is 4.90 Å². The molecule has 2 nitrogen and oxygen atoms in total. The van der Waals surface area contributed by atoms with Crippen molar-refractivity contribution in [3.05, 3.63) is 23.9 Å². The lowest BCUT2D eigenvalue weighted by Crippen LogP contribution is -2.25. The van der Waals surface area contributed by atoms with Gasteiger partial charge in [-0.3, -0.25) is 0 Å². The second kappa shape index (κ2) is 6.39. The Kier molecular flexibility index (Phi) is 5.44. The number of rotatable bonds is 5. The molecular formula is C14H23BrN2. The minimum atomic E-state index is 0.179. The normalized spacial score (nSPS) is 11.6. The standard InChI is InChI=1S/C14H23BrN2/c1-5-17(10-6-9-15)13-8-7-12(11-16-13)14(2,3)4/h7-8,11H,5-6,9-10H2,1-4H3. The Morgan fingerprint density at radius 1 is 1.29 bits per heavy atom. The highest BCUT2D eigenvalue weighted by Gasteiger charge is 2.14. The molecule has 0 spiro atoms. The molecule has 0 aliphatic carbocycles. The summed E-state index contributed by atoms with van der Waals surface area (Å²) in [5.74, 6) is 1.08. The highest BCUT2D eigenvalue weighted by Crippen LogP contribution is 2.23. The Morgan fingerprint density at radius 2 is 2.00 bits per heavy atom.